The van der Waals surface area contributed by atoms with Crippen molar-refractivity contribution >= 4 is 21.4 Å². The zero-order valence-electron chi connectivity index (χ0n) is 13.4. The summed E-state index contributed by atoms with van der Waals surface area (Å²) < 4.78 is 26.9. The zero-order chi connectivity index (χ0) is 17.2. The van der Waals surface area contributed by atoms with Crippen molar-refractivity contribution in [2.75, 3.05) is 26.2 Å². The number of piperazine rings is 1. The number of nitrogens with zero attached hydrogens (tertiary/aromatic N) is 3. The third kappa shape index (κ3) is 3.37. The van der Waals surface area contributed by atoms with Gasteiger partial charge >= 0.3 is 0 Å². The molecule has 0 bridgehead atoms. The molecule has 0 spiro atoms. The fourth-order valence-corrected chi connectivity index (χ4v) is 5.06. The van der Waals surface area contributed by atoms with Crippen LogP contribution in [0, 0.1) is 18.3 Å². The van der Waals surface area contributed by atoms with Crippen molar-refractivity contribution in [2.24, 2.45) is 0 Å². The van der Waals surface area contributed by atoms with Gasteiger partial charge in [0.1, 0.15) is 6.04 Å². The molecular weight excluding hydrogens is 342 g/mol. The molecule has 7 heteroatoms. The van der Waals surface area contributed by atoms with E-state index in [0.29, 0.717) is 31.1 Å². The van der Waals surface area contributed by atoms with E-state index in [1.54, 1.807) is 23.5 Å². The van der Waals surface area contributed by atoms with E-state index in [1.807, 2.05) is 41.5 Å². The summed E-state index contributed by atoms with van der Waals surface area (Å²) in [6.07, 6.45) is 0. The first-order valence-corrected chi connectivity index (χ1v) is 10.1. The molecule has 0 aliphatic carbocycles. The number of sulfonamides is 1. The topological polar surface area (TPSA) is 64.4 Å². The Balaban J connectivity index is 1.70. The van der Waals surface area contributed by atoms with Crippen molar-refractivity contribution in [3.8, 4) is 6.07 Å². The van der Waals surface area contributed by atoms with Crippen LogP contribution in [0.3, 0.4) is 0 Å². The number of hydrogen-bond acceptors (Lipinski definition) is 5. The molecule has 126 valence electrons. The second-order valence-corrected chi connectivity index (χ2v) is 8.72. The SMILES string of the molecule is Cc1ccc(S(=O)(=O)N2CCN(C(C#N)c3cccs3)CC2)cc1. The number of benzene rings is 1. The second-order valence-electron chi connectivity index (χ2n) is 5.80. The van der Waals surface area contributed by atoms with Crippen LogP contribution in [0.4, 0.5) is 0 Å². The molecule has 1 fully saturated rings. The van der Waals surface area contributed by atoms with E-state index in [0.717, 1.165) is 10.4 Å². The van der Waals surface area contributed by atoms with Crippen LogP contribution in [0.2, 0.25) is 0 Å². The van der Waals surface area contributed by atoms with Gasteiger partial charge in [-0.1, -0.05) is 23.8 Å². The summed E-state index contributed by atoms with van der Waals surface area (Å²) in [6, 6.07) is 12.9. The minimum atomic E-state index is -3.46. The molecule has 0 N–H and O–H groups in total. The Hall–Kier alpha value is -1.72. The second kappa shape index (κ2) is 7.03. The van der Waals surface area contributed by atoms with Crippen molar-refractivity contribution in [1.82, 2.24) is 9.21 Å². The lowest BCUT2D eigenvalue weighted by Crippen LogP contribution is -2.49. The van der Waals surface area contributed by atoms with E-state index in [2.05, 4.69) is 6.07 Å². The minimum Gasteiger partial charge on any atom is -0.281 e. The zero-order valence-corrected chi connectivity index (χ0v) is 15.1. The maximum Gasteiger partial charge on any atom is 0.243 e. The van der Waals surface area contributed by atoms with E-state index in [9.17, 15) is 13.7 Å². The summed E-state index contributed by atoms with van der Waals surface area (Å²) in [4.78, 5) is 3.39. The smallest absolute Gasteiger partial charge is 0.243 e. The molecule has 0 amide bonds. The lowest BCUT2D eigenvalue weighted by atomic mass is 10.2. The van der Waals surface area contributed by atoms with Crippen molar-refractivity contribution in [3.05, 3.63) is 52.2 Å². The summed E-state index contributed by atoms with van der Waals surface area (Å²) >= 11 is 1.56. The lowest BCUT2D eigenvalue weighted by Gasteiger charge is -2.35. The van der Waals surface area contributed by atoms with Gasteiger partial charge in [0.15, 0.2) is 0 Å². The third-order valence-electron chi connectivity index (χ3n) is 4.23. The molecule has 1 saturated heterocycles. The van der Waals surface area contributed by atoms with Gasteiger partial charge in [-0.15, -0.1) is 11.3 Å². The molecular formula is C17H19N3O2S2. The van der Waals surface area contributed by atoms with Crippen LogP contribution in [0.25, 0.3) is 0 Å². The van der Waals surface area contributed by atoms with Crippen molar-refractivity contribution in [2.45, 2.75) is 17.9 Å². The molecule has 24 heavy (non-hydrogen) atoms. The normalized spacial score (nSPS) is 18.2. The standard InChI is InChI=1S/C17H19N3O2S2/c1-14-4-6-15(7-5-14)24(21,22)20-10-8-19(9-11-20)16(13-18)17-3-2-12-23-17/h2-7,12,16H,8-11H2,1H3. The highest BCUT2D eigenvalue weighted by atomic mass is 32.2. The molecule has 2 heterocycles. The molecule has 0 radical (unpaired) electrons. The molecule has 1 aliphatic heterocycles. The first-order valence-electron chi connectivity index (χ1n) is 7.76. The maximum atomic E-state index is 12.7. The van der Waals surface area contributed by atoms with Crippen LogP contribution in [0.1, 0.15) is 16.5 Å². The molecule has 2 aromatic rings. The minimum absolute atomic E-state index is 0.297. The Morgan fingerprint density at radius 3 is 2.33 bits per heavy atom. The largest absolute Gasteiger partial charge is 0.281 e. The monoisotopic (exact) mass is 361 g/mol. The lowest BCUT2D eigenvalue weighted by molar-refractivity contribution is 0.164. The summed E-state index contributed by atoms with van der Waals surface area (Å²) in [5.74, 6) is 0. The Labute approximate surface area is 146 Å². The predicted molar refractivity (Wildman–Crippen MR) is 94.2 cm³/mol. The van der Waals surface area contributed by atoms with Crippen LogP contribution in [-0.2, 0) is 10.0 Å². The molecule has 3 rings (SSSR count). The fourth-order valence-electron chi connectivity index (χ4n) is 2.83. The molecule has 1 atom stereocenters. The van der Waals surface area contributed by atoms with Crippen LogP contribution in [-0.4, -0.2) is 43.8 Å². The summed E-state index contributed by atoms with van der Waals surface area (Å²) in [5, 5.41) is 11.4. The van der Waals surface area contributed by atoms with Gasteiger partial charge in [0, 0.05) is 31.1 Å². The van der Waals surface area contributed by atoms with Crippen LogP contribution in [0.15, 0.2) is 46.7 Å². The van der Waals surface area contributed by atoms with Crippen molar-refractivity contribution in [3.63, 3.8) is 0 Å². The number of thiophene rings is 1. The highest BCUT2D eigenvalue weighted by molar-refractivity contribution is 7.89. The highest BCUT2D eigenvalue weighted by Gasteiger charge is 2.31. The highest BCUT2D eigenvalue weighted by Crippen LogP contribution is 2.27. The Bertz CT molecular complexity index is 816. The van der Waals surface area contributed by atoms with Gasteiger partial charge in [-0.25, -0.2) is 8.42 Å². The van der Waals surface area contributed by atoms with Gasteiger partial charge in [-0.05, 0) is 30.5 Å². The predicted octanol–water partition coefficient (Wildman–Crippen LogP) is 2.63. The van der Waals surface area contributed by atoms with Gasteiger partial charge in [0.05, 0.1) is 11.0 Å². The summed E-state index contributed by atoms with van der Waals surface area (Å²) in [7, 11) is -3.46. The van der Waals surface area contributed by atoms with Crippen molar-refractivity contribution in [1.29, 1.82) is 5.26 Å². The van der Waals surface area contributed by atoms with Gasteiger partial charge in [0.2, 0.25) is 10.0 Å². The van der Waals surface area contributed by atoms with E-state index in [4.69, 9.17) is 0 Å². The molecule has 1 aromatic carbocycles. The van der Waals surface area contributed by atoms with Crippen molar-refractivity contribution < 1.29 is 8.42 Å². The number of nitriles is 1. The Morgan fingerprint density at radius 1 is 1.12 bits per heavy atom. The van der Waals surface area contributed by atoms with Crippen LogP contribution in [0.5, 0.6) is 0 Å². The first kappa shape index (κ1) is 17.1. The quantitative estimate of drug-likeness (QED) is 0.840. The molecule has 1 aromatic heterocycles. The van der Waals surface area contributed by atoms with E-state index < -0.39 is 10.0 Å². The number of aryl methyl sites for hydroxylation is 1. The van der Waals surface area contributed by atoms with Crippen LogP contribution >= 0.6 is 11.3 Å². The van der Waals surface area contributed by atoms with E-state index in [-0.39, 0.29) is 6.04 Å². The Kier molecular flexibility index (Phi) is 5.01. The number of hydrogen-bond donors (Lipinski definition) is 0. The molecule has 1 unspecified atom stereocenters. The molecule has 5 nitrogen and oxygen atoms in total. The van der Waals surface area contributed by atoms with Crippen LogP contribution < -0.4 is 0 Å². The first-order chi connectivity index (χ1) is 11.5. The average molecular weight is 361 g/mol. The molecule has 1 aliphatic rings. The summed E-state index contributed by atoms with van der Waals surface area (Å²) in [5.41, 5.74) is 1.03. The average Bonchev–Trinajstić information content (AvgIpc) is 3.11. The van der Waals surface area contributed by atoms with Gasteiger partial charge in [-0.2, -0.15) is 9.57 Å². The van der Waals surface area contributed by atoms with Gasteiger partial charge in [-0.3, -0.25) is 4.90 Å². The summed E-state index contributed by atoms with van der Waals surface area (Å²) in [6.45, 7) is 3.85. The van der Waals surface area contributed by atoms with Gasteiger partial charge in [0.25, 0.3) is 0 Å². The number of rotatable bonds is 4. The molecule has 0 saturated carbocycles. The maximum absolute atomic E-state index is 12.7. The fraction of sp³-hybridized carbons (Fsp3) is 0.353. The Morgan fingerprint density at radius 2 is 1.79 bits per heavy atom. The third-order valence-corrected chi connectivity index (χ3v) is 7.07. The van der Waals surface area contributed by atoms with E-state index in [1.165, 1.54) is 4.31 Å². The van der Waals surface area contributed by atoms with Gasteiger partial charge < -0.3 is 0 Å². The van der Waals surface area contributed by atoms with E-state index >= 15 is 0 Å².